The number of benzene rings is 3. The number of methoxy groups -OCH3 is 1. The Kier molecular flexibility index (Phi) is 8.10. The lowest BCUT2D eigenvalue weighted by atomic mass is 10.1. The first-order valence-corrected chi connectivity index (χ1v) is 12.8. The number of thiocarbonyl (C=S) groups is 1. The number of hydrogen-bond donors (Lipinski definition) is 1. The molecule has 0 saturated carbocycles. The Labute approximate surface area is 234 Å². The third kappa shape index (κ3) is 5.69. The summed E-state index contributed by atoms with van der Waals surface area (Å²) >= 11 is 17.0. The maximum absolute atomic E-state index is 13.3. The van der Waals surface area contributed by atoms with Crippen molar-refractivity contribution in [2.45, 2.75) is 6.61 Å². The zero-order valence-corrected chi connectivity index (χ0v) is 23.5. The second kappa shape index (κ2) is 11.1. The van der Waals surface area contributed by atoms with Gasteiger partial charge < -0.3 is 9.47 Å². The van der Waals surface area contributed by atoms with Gasteiger partial charge in [-0.05, 0) is 88.9 Å². The Balaban J connectivity index is 1.64. The standard InChI is InChI=1S/C25H17BrClIN2O4S/c1-33-21-12-14(11-20(28)22(21)34-13-15-4-2-3-5-19(15)27)10-18-23(31)29-25(35)30(24(18)32)17-8-6-16(26)7-9-17/h2-12H,13H2,1H3,(H,29,31,35)/b18-10+. The van der Waals surface area contributed by atoms with E-state index in [0.29, 0.717) is 27.8 Å². The van der Waals surface area contributed by atoms with Crippen LogP contribution >= 0.6 is 62.3 Å². The van der Waals surface area contributed by atoms with Crippen molar-refractivity contribution in [3.05, 3.63) is 90.4 Å². The van der Waals surface area contributed by atoms with Crippen molar-refractivity contribution in [2.24, 2.45) is 0 Å². The van der Waals surface area contributed by atoms with E-state index in [-0.39, 0.29) is 17.3 Å². The average molecular weight is 684 g/mol. The highest BCUT2D eigenvalue weighted by Gasteiger charge is 2.34. The molecule has 0 atom stereocenters. The van der Waals surface area contributed by atoms with Crippen molar-refractivity contribution in [2.75, 3.05) is 12.0 Å². The zero-order valence-electron chi connectivity index (χ0n) is 18.2. The van der Waals surface area contributed by atoms with Crippen molar-refractivity contribution in [1.29, 1.82) is 0 Å². The topological polar surface area (TPSA) is 67.9 Å². The van der Waals surface area contributed by atoms with Gasteiger partial charge in [0.15, 0.2) is 16.6 Å². The minimum atomic E-state index is -0.568. The normalized spacial score (nSPS) is 14.8. The molecular formula is C25H17BrClIN2O4S. The minimum Gasteiger partial charge on any atom is -0.493 e. The first kappa shape index (κ1) is 25.6. The van der Waals surface area contributed by atoms with E-state index in [1.54, 1.807) is 42.5 Å². The molecule has 1 aliphatic rings. The third-order valence-corrected chi connectivity index (χ3v) is 7.06. The van der Waals surface area contributed by atoms with Gasteiger partial charge in [0, 0.05) is 15.1 Å². The molecule has 0 unspecified atom stereocenters. The van der Waals surface area contributed by atoms with Gasteiger partial charge in [-0.25, -0.2) is 0 Å². The van der Waals surface area contributed by atoms with Crippen molar-refractivity contribution in [1.82, 2.24) is 5.32 Å². The number of carbonyl (C=O) groups excluding carboxylic acids is 2. The molecule has 178 valence electrons. The van der Waals surface area contributed by atoms with Crippen molar-refractivity contribution in [3.8, 4) is 11.5 Å². The lowest BCUT2D eigenvalue weighted by Gasteiger charge is -2.29. The fourth-order valence-electron chi connectivity index (χ4n) is 3.38. The summed E-state index contributed by atoms with van der Waals surface area (Å²) in [5.41, 5.74) is 1.93. The molecule has 2 amide bonds. The van der Waals surface area contributed by atoms with E-state index in [4.69, 9.17) is 33.3 Å². The first-order chi connectivity index (χ1) is 16.8. The summed E-state index contributed by atoms with van der Waals surface area (Å²) in [6, 6.07) is 18.0. The number of ether oxygens (including phenoxy) is 2. The van der Waals surface area contributed by atoms with E-state index in [2.05, 4.69) is 43.8 Å². The molecule has 1 aliphatic heterocycles. The Hall–Kier alpha value is -2.47. The number of rotatable bonds is 6. The average Bonchev–Trinajstić information content (AvgIpc) is 2.83. The predicted octanol–water partition coefficient (Wildman–Crippen LogP) is 6.13. The van der Waals surface area contributed by atoms with E-state index in [9.17, 15) is 9.59 Å². The molecule has 0 radical (unpaired) electrons. The van der Waals surface area contributed by atoms with E-state index in [1.807, 2.05) is 18.2 Å². The summed E-state index contributed by atoms with van der Waals surface area (Å²) in [7, 11) is 1.52. The number of hydrogen-bond acceptors (Lipinski definition) is 5. The van der Waals surface area contributed by atoms with Crippen molar-refractivity contribution < 1.29 is 19.1 Å². The lowest BCUT2D eigenvalue weighted by Crippen LogP contribution is -2.54. The Bertz CT molecular complexity index is 1360. The monoisotopic (exact) mass is 682 g/mol. The Morgan fingerprint density at radius 1 is 1.14 bits per heavy atom. The SMILES string of the molecule is COc1cc(/C=C2\C(=O)NC(=S)N(c3ccc(Br)cc3)C2=O)cc(I)c1OCc1ccccc1Cl. The van der Waals surface area contributed by atoms with Crippen molar-refractivity contribution in [3.63, 3.8) is 0 Å². The van der Waals surface area contributed by atoms with Gasteiger partial charge in [0.25, 0.3) is 11.8 Å². The van der Waals surface area contributed by atoms with Crippen molar-refractivity contribution >= 4 is 91.0 Å². The number of nitrogens with one attached hydrogen (secondary N) is 1. The summed E-state index contributed by atoms with van der Waals surface area (Å²) in [5.74, 6) is -0.0949. The summed E-state index contributed by atoms with van der Waals surface area (Å²) in [6.07, 6.45) is 1.51. The molecule has 0 aromatic heterocycles. The number of amides is 2. The molecule has 3 aromatic rings. The molecule has 10 heteroatoms. The van der Waals surface area contributed by atoms with Gasteiger partial charge in [0.2, 0.25) is 0 Å². The van der Waals surface area contributed by atoms with Crippen LogP contribution < -0.4 is 19.7 Å². The molecule has 0 spiro atoms. The summed E-state index contributed by atoms with van der Waals surface area (Å²) in [4.78, 5) is 27.2. The zero-order chi connectivity index (χ0) is 25.1. The second-order valence-electron chi connectivity index (χ2n) is 7.35. The van der Waals surface area contributed by atoms with Gasteiger partial charge in [0.1, 0.15) is 12.2 Å². The molecular weight excluding hydrogens is 667 g/mol. The highest BCUT2D eigenvalue weighted by Crippen LogP contribution is 2.36. The lowest BCUT2D eigenvalue weighted by molar-refractivity contribution is -0.122. The van der Waals surface area contributed by atoms with E-state index < -0.39 is 11.8 Å². The highest BCUT2D eigenvalue weighted by atomic mass is 127. The fourth-order valence-corrected chi connectivity index (χ4v) is 4.89. The largest absolute Gasteiger partial charge is 0.493 e. The van der Waals surface area contributed by atoms with Gasteiger partial charge in [-0.2, -0.15) is 0 Å². The molecule has 1 heterocycles. The Morgan fingerprint density at radius 2 is 1.86 bits per heavy atom. The van der Waals surface area contributed by atoms with Gasteiger partial charge in [-0.3, -0.25) is 19.8 Å². The van der Waals surface area contributed by atoms with Crippen LogP contribution in [0.3, 0.4) is 0 Å². The van der Waals surface area contributed by atoms with E-state index >= 15 is 0 Å². The number of carbonyl (C=O) groups is 2. The molecule has 1 N–H and O–H groups in total. The molecule has 35 heavy (non-hydrogen) atoms. The van der Waals surface area contributed by atoms with Gasteiger partial charge in [0.05, 0.1) is 16.4 Å². The number of nitrogens with zero attached hydrogens (tertiary/aromatic N) is 1. The predicted molar refractivity (Wildman–Crippen MR) is 152 cm³/mol. The summed E-state index contributed by atoms with van der Waals surface area (Å²) < 4.78 is 13.1. The van der Waals surface area contributed by atoms with Crippen LogP contribution in [0, 0.1) is 3.57 Å². The van der Waals surface area contributed by atoms with Crippen LogP contribution in [0.4, 0.5) is 5.69 Å². The minimum absolute atomic E-state index is 0.0231. The smallest absolute Gasteiger partial charge is 0.270 e. The van der Waals surface area contributed by atoms with Crippen LogP contribution in [-0.4, -0.2) is 24.0 Å². The second-order valence-corrected chi connectivity index (χ2v) is 10.2. The van der Waals surface area contributed by atoms with E-state index in [1.165, 1.54) is 18.1 Å². The maximum atomic E-state index is 13.3. The molecule has 4 rings (SSSR count). The highest BCUT2D eigenvalue weighted by molar-refractivity contribution is 14.1. The molecule has 0 aliphatic carbocycles. The number of anilines is 1. The van der Waals surface area contributed by atoms with Crippen LogP contribution in [-0.2, 0) is 16.2 Å². The molecule has 1 fully saturated rings. The van der Waals surface area contributed by atoms with Crippen LogP contribution in [0.25, 0.3) is 6.08 Å². The van der Waals surface area contributed by atoms with Gasteiger partial charge in [-0.1, -0.05) is 45.7 Å². The Morgan fingerprint density at radius 3 is 2.54 bits per heavy atom. The van der Waals surface area contributed by atoms with Crippen LogP contribution in [0.1, 0.15) is 11.1 Å². The fraction of sp³-hybridized carbons (Fsp3) is 0.0800. The van der Waals surface area contributed by atoms with Crippen LogP contribution in [0.5, 0.6) is 11.5 Å². The van der Waals surface area contributed by atoms with Gasteiger partial charge in [-0.15, -0.1) is 0 Å². The molecule has 1 saturated heterocycles. The van der Waals surface area contributed by atoms with E-state index in [0.717, 1.165) is 13.6 Å². The van der Waals surface area contributed by atoms with Crippen LogP contribution in [0.2, 0.25) is 5.02 Å². The number of halogens is 3. The maximum Gasteiger partial charge on any atom is 0.270 e. The van der Waals surface area contributed by atoms with Gasteiger partial charge >= 0.3 is 0 Å². The molecule has 6 nitrogen and oxygen atoms in total. The molecule has 0 bridgehead atoms. The first-order valence-electron chi connectivity index (χ1n) is 10.2. The quantitative estimate of drug-likeness (QED) is 0.147. The molecule has 3 aromatic carbocycles. The summed E-state index contributed by atoms with van der Waals surface area (Å²) in [6.45, 7) is 0.257. The summed E-state index contributed by atoms with van der Waals surface area (Å²) in [5, 5.41) is 3.22. The third-order valence-electron chi connectivity index (χ3n) is 5.08. The van der Waals surface area contributed by atoms with Crippen LogP contribution in [0.15, 0.2) is 70.7 Å².